The van der Waals surface area contributed by atoms with E-state index in [2.05, 4.69) is 15.8 Å². The average Bonchev–Trinajstić information content (AvgIpc) is 2.46. The summed E-state index contributed by atoms with van der Waals surface area (Å²) in [5, 5.41) is 8.29. The van der Waals surface area contributed by atoms with Crippen LogP contribution in [0.2, 0.25) is 5.02 Å². The Labute approximate surface area is 128 Å². The number of rotatable bonds is 4. The minimum atomic E-state index is 0.479. The van der Waals surface area contributed by atoms with Crippen molar-refractivity contribution in [1.29, 1.82) is 0 Å². The summed E-state index contributed by atoms with van der Waals surface area (Å²) in [4.78, 5) is 0. The highest BCUT2D eigenvalue weighted by Gasteiger charge is 1.94. The molecule has 2 aromatic rings. The average molecular weight is 304 g/mol. The highest BCUT2D eigenvalue weighted by molar-refractivity contribution is 7.80. The number of hydrazone groups is 1. The fourth-order valence-electron chi connectivity index (χ4n) is 1.57. The van der Waals surface area contributed by atoms with Crippen LogP contribution in [0.3, 0.4) is 0 Å². The summed E-state index contributed by atoms with van der Waals surface area (Å²) in [5.74, 6) is 0. The first kappa shape index (κ1) is 14.5. The minimum Gasteiger partial charge on any atom is -0.357 e. The number of thiocarbonyl (C=S) groups is 1. The maximum atomic E-state index is 5.88. The van der Waals surface area contributed by atoms with Crippen LogP contribution in [0, 0.1) is 0 Å². The van der Waals surface area contributed by atoms with Crippen LogP contribution in [0.4, 0.5) is 0 Å². The van der Waals surface area contributed by atoms with E-state index in [9.17, 15) is 0 Å². The number of halogens is 1. The van der Waals surface area contributed by atoms with Gasteiger partial charge in [0.1, 0.15) is 0 Å². The van der Waals surface area contributed by atoms with Crippen molar-refractivity contribution < 1.29 is 0 Å². The van der Waals surface area contributed by atoms with Crippen LogP contribution in [-0.2, 0) is 6.54 Å². The lowest BCUT2D eigenvalue weighted by Crippen LogP contribution is -2.31. The molecule has 0 atom stereocenters. The molecule has 0 fully saturated rings. The van der Waals surface area contributed by atoms with Gasteiger partial charge >= 0.3 is 0 Å². The number of nitrogens with zero attached hydrogens (tertiary/aromatic N) is 1. The van der Waals surface area contributed by atoms with Gasteiger partial charge in [0, 0.05) is 11.6 Å². The van der Waals surface area contributed by atoms with E-state index in [1.54, 1.807) is 6.21 Å². The highest BCUT2D eigenvalue weighted by atomic mass is 35.5. The first-order valence-electron chi connectivity index (χ1n) is 6.10. The number of hydrogen-bond acceptors (Lipinski definition) is 2. The Morgan fingerprint density at radius 1 is 1.15 bits per heavy atom. The summed E-state index contributed by atoms with van der Waals surface area (Å²) in [7, 11) is 0. The van der Waals surface area contributed by atoms with Crippen molar-refractivity contribution in [3.63, 3.8) is 0 Å². The highest BCUT2D eigenvalue weighted by Crippen LogP contribution is 2.08. The molecule has 0 spiro atoms. The molecule has 2 aromatic carbocycles. The van der Waals surface area contributed by atoms with Gasteiger partial charge in [-0.15, -0.1) is 0 Å². The Kier molecular flexibility index (Phi) is 5.53. The molecule has 0 aliphatic heterocycles. The zero-order valence-electron chi connectivity index (χ0n) is 10.7. The van der Waals surface area contributed by atoms with Gasteiger partial charge in [-0.25, -0.2) is 0 Å². The molecule has 0 heterocycles. The predicted molar refractivity (Wildman–Crippen MR) is 88.1 cm³/mol. The third-order valence-corrected chi connectivity index (χ3v) is 3.00. The third-order valence-electron chi connectivity index (χ3n) is 2.52. The summed E-state index contributed by atoms with van der Waals surface area (Å²) in [6.07, 6.45) is 1.67. The summed E-state index contributed by atoms with van der Waals surface area (Å²) in [6.45, 7) is 0.666. The Bertz CT molecular complexity index is 599. The standard InChI is InChI=1S/C15H14ClN3S/c16-14-8-4-7-13(9-14)11-18-19-15(20)17-10-12-5-2-1-3-6-12/h1-9,11H,10H2,(H2,17,19,20)/b18-11+. The first-order valence-corrected chi connectivity index (χ1v) is 6.89. The summed E-state index contributed by atoms with van der Waals surface area (Å²) in [6, 6.07) is 17.5. The molecule has 0 bridgehead atoms. The van der Waals surface area contributed by atoms with Gasteiger partial charge in [0.25, 0.3) is 0 Å². The maximum absolute atomic E-state index is 5.88. The molecule has 3 nitrogen and oxygen atoms in total. The van der Waals surface area contributed by atoms with Crippen LogP contribution in [-0.4, -0.2) is 11.3 Å². The fraction of sp³-hybridized carbons (Fsp3) is 0.0667. The summed E-state index contributed by atoms with van der Waals surface area (Å²) >= 11 is 11.0. The van der Waals surface area contributed by atoms with E-state index in [-0.39, 0.29) is 0 Å². The van der Waals surface area contributed by atoms with Gasteiger partial charge in [0.05, 0.1) is 6.21 Å². The molecule has 0 aliphatic carbocycles. The molecule has 0 radical (unpaired) electrons. The van der Waals surface area contributed by atoms with E-state index >= 15 is 0 Å². The lowest BCUT2D eigenvalue weighted by atomic mass is 10.2. The van der Waals surface area contributed by atoms with Gasteiger partial charge in [0.15, 0.2) is 5.11 Å². The van der Waals surface area contributed by atoms with E-state index in [4.69, 9.17) is 23.8 Å². The number of nitrogens with one attached hydrogen (secondary N) is 2. The van der Waals surface area contributed by atoms with Crippen molar-refractivity contribution in [2.75, 3.05) is 0 Å². The Hall–Kier alpha value is -1.91. The monoisotopic (exact) mass is 303 g/mol. The topological polar surface area (TPSA) is 36.4 Å². The molecule has 0 aliphatic rings. The molecule has 0 amide bonds. The van der Waals surface area contributed by atoms with Crippen LogP contribution >= 0.6 is 23.8 Å². The van der Waals surface area contributed by atoms with Crippen molar-refractivity contribution in [3.05, 3.63) is 70.7 Å². The zero-order chi connectivity index (χ0) is 14.2. The lowest BCUT2D eigenvalue weighted by Gasteiger charge is -2.06. The van der Waals surface area contributed by atoms with Crippen molar-refractivity contribution >= 4 is 35.1 Å². The number of benzene rings is 2. The molecule has 0 saturated carbocycles. The first-order chi connectivity index (χ1) is 9.74. The molecular formula is C15H14ClN3S. The van der Waals surface area contributed by atoms with Gasteiger partial charge in [0.2, 0.25) is 0 Å². The van der Waals surface area contributed by atoms with E-state index in [1.165, 1.54) is 0 Å². The lowest BCUT2D eigenvalue weighted by molar-refractivity contribution is 0.869. The second kappa shape index (κ2) is 7.62. The van der Waals surface area contributed by atoms with Gasteiger partial charge in [-0.2, -0.15) is 5.10 Å². The summed E-state index contributed by atoms with van der Waals surface area (Å²) < 4.78 is 0. The quantitative estimate of drug-likeness (QED) is 0.517. The SMILES string of the molecule is S=C(NCc1ccccc1)N/N=C/c1cccc(Cl)c1. The maximum Gasteiger partial charge on any atom is 0.187 e. The van der Waals surface area contributed by atoms with Crippen LogP contribution in [0.5, 0.6) is 0 Å². The molecule has 2 rings (SSSR count). The van der Waals surface area contributed by atoms with Crippen molar-refractivity contribution in [2.24, 2.45) is 5.10 Å². The predicted octanol–water partition coefficient (Wildman–Crippen LogP) is 3.34. The van der Waals surface area contributed by atoms with E-state index < -0.39 is 0 Å². The molecule has 0 unspecified atom stereocenters. The van der Waals surface area contributed by atoms with Crippen LogP contribution in [0.15, 0.2) is 59.7 Å². The molecule has 5 heteroatoms. The van der Waals surface area contributed by atoms with Crippen LogP contribution < -0.4 is 10.7 Å². The van der Waals surface area contributed by atoms with Crippen molar-refractivity contribution in [1.82, 2.24) is 10.7 Å². The number of hydrogen-bond donors (Lipinski definition) is 2. The zero-order valence-corrected chi connectivity index (χ0v) is 12.3. The van der Waals surface area contributed by atoms with Gasteiger partial charge in [-0.3, -0.25) is 5.43 Å². The van der Waals surface area contributed by atoms with E-state index in [1.807, 2.05) is 54.6 Å². The molecule has 20 heavy (non-hydrogen) atoms. The largest absolute Gasteiger partial charge is 0.357 e. The Morgan fingerprint density at radius 2 is 1.95 bits per heavy atom. The van der Waals surface area contributed by atoms with Gasteiger partial charge in [-0.05, 0) is 35.5 Å². The third kappa shape index (κ3) is 4.99. The molecular weight excluding hydrogens is 290 g/mol. The second-order valence-electron chi connectivity index (χ2n) is 4.09. The fourth-order valence-corrected chi connectivity index (χ4v) is 1.89. The molecule has 102 valence electrons. The Balaban J connectivity index is 1.78. The minimum absolute atomic E-state index is 0.479. The molecule has 2 N–H and O–H groups in total. The van der Waals surface area contributed by atoms with Gasteiger partial charge < -0.3 is 5.32 Å². The van der Waals surface area contributed by atoms with Crippen LogP contribution in [0.25, 0.3) is 0 Å². The van der Waals surface area contributed by atoms with Crippen molar-refractivity contribution in [3.8, 4) is 0 Å². The van der Waals surface area contributed by atoms with Crippen molar-refractivity contribution in [2.45, 2.75) is 6.54 Å². The molecule has 0 aromatic heterocycles. The van der Waals surface area contributed by atoms with Gasteiger partial charge in [-0.1, -0.05) is 54.1 Å². The smallest absolute Gasteiger partial charge is 0.187 e. The Morgan fingerprint density at radius 3 is 2.70 bits per heavy atom. The van der Waals surface area contributed by atoms with E-state index in [0.717, 1.165) is 11.1 Å². The summed E-state index contributed by atoms with van der Waals surface area (Å²) in [5.41, 5.74) is 4.84. The van der Waals surface area contributed by atoms with E-state index in [0.29, 0.717) is 16.7 Å². The van der Waals surface area contributed by atoms with Crippen LogP contribution in [0.1, 0.15) is 11.1 Å². The normalized spacial score (nSPS) is 10.4. The molecule has 0 saturated heterocycles. The second-order valence-corrected chi connectivity index (χ2v) is 4.94.